The van der Waals surface area contributed by atoms with Gasteiger partial charge in [0.05, 0.1) is 32.4 Å². The first-order chi connectivity index (χ1) is 22.3. The number of carbonyl (C=O) groups is 3. The Morgan fingerprint density at radius 1 is 1.15 bits per heavy atom. The van der Waals surface area contributed by atoms with Gasteiger partial charge in [-0.15, -0.1) is 0 Å². The molecule has 5 N–H and O–H groups in total. The fraction of sp³-hybridized carbons (Fsp3) is 0.607. The van der Waals surface area contributed by atoms with Crippen molar-refractivity contribution in [1.82, 2.24) is 10.6 Å². The number of amides is 2. The highest BCUT2D eigenvalue weighted by atomic mass is 33.1. The normalized spacial score (nSPS) is 18.3. The number of carbonyl (C=O) groups excluding carboxylic acids is 3. The van der Waals surface area contributed by atoms with Gasteiger partial charge >= 0.3 is 0 Å². The van der Waals surface area contributed by atoms with Gasteiger partial charge in [-0.25, -0.2) is 0 Å². The largest absolute Gasteiger partial charge is 0.490 e. The standard InChI is InChI=1S/C28H42BN3O9S5/c1-19(34)44-18-25(46-43-3)41-26-22(15-33)40-27(26)29-8-5-10-31-23(35)16-37-12-13-38-24(45-42-2)17-39-21-7-4-6-20(14-21)28(36)32-11-9-30/h4,6-7,14,22,24-27,29,33H,9-13,15-18,30H2,1-3H3,(H,31,35)(H,32,36)/t22?,24?,25-,26?,27?/m1/s1. The van der Waals surface area contributed by atoms with Crippen LogP contribution in [0.5, 0.6) is 5.75 Å². The molecule has 1 fully saturated rings. The maximum absolute atomic E-state index is 12.2. The number of aliphatic hydroxyl groups excluding tert-OH is 1. The molecular weight excluding hydrogens is 693 g/mol. The zero-order chi connectivity index (χ0) is 33.6. The zero-order valence-corrected chi connectivity index (χ0v) is 30.2. The number of rotatable bonds is 23. The summed E-state index contributed by atoms with van der Waals surface area (Å²) in [5.74, 6) is 6.43. The van der Waals surface area contributed by atoms with E-state index in [0.717, 1.165) is 0 Å². The molecule has 0 bridgehead atoms. The molecule has 1 aromatic rings. The Balaban J connectivity index is 1.64. The molecule has 18 heteroatoms. The SMILES string of the molecule is CSSC(COc1cccc(C(=O)NCCN)c1)OCCOCC(=O)NCC#CBC1OC(CO)C1O[C@@H](CSC(C)=O)SSC. The maximum Gasteiger partial charge on any atom is 0.251 e. The molecule has 0 aromatic heterocycles. The minimum absolute atomic E-state index is 0.0221. The number of nitrogens with one attached hydrogen (secondary N) is 2. The fourth-order valence-electron chi connectivity index (χ4n) is 3.80. The molecule has 46 heavy (non-hydrogen) atoms. The smallest absolute Gasteiger partial charge is 0.251 e. The molecule has 0 spiro atoms. The topological polar surface area (TPSA) is 168 Å². The third-order valence-corrected chi connectivity index (χ3v) is 10.8. The van der Waals surface area contributed by atoms with Crippen LogP contribution in [0.1, 0.15) is 17.3 Å². The van der Waals surface area contributed by atoms with Crippen molar-refractivity contribution in [2.24, 2.45) is 5.73 Å². The van der Waals surface area contributed by atoms with Crippen LogP contribution in [0.3, 0.4) is 0 Å². The second-order valence-electron chi connectivity index (χ2n) is 9.32. The van der Waals surface area contributed by atoms with Crippen LogP contribution in [0.25, 0.3) is 0 Å². The maximum atomic E-state index is 12.2. The van der Waals surface area contributed by atoms with Crippen molar-refractivity contribution in [3.8, 4) is 17.5 Å². The van der Waals surface area contributed by atoms with Gasteiger partial charge in [-0.2, -0.15) is 5.82 Å². The predicted molar refractivity (Wildman–Crippen MR) is 192 cm³/mol. The first-order valence-corrected chi connectivity index (χ1v) is 20.6. The van der Waals surface area contributed by atoms with Crippen LogP contribution < -0.4 is 21.1 Å². The molecule has 4 unspecified atom stereocenters. The van der Waals surface area contributed by atoms with E-state index >= 15 is 0 Å². The predicted octanol–water partition coefficient (Wildman–Crippen LogP) is 1.36. The minimum atomic E-state index is -0.430. The van der Waals surface area contributed by atoms with E-state index in [1.807, 2.05) is 12.5 Å². The van der Waals surface area contributed by atoms with Gasteiger partial charge in [-0.1, -0.05) is 66.9 Å². The summed E-state index contributed by atoms with van der Waals surface area (Å²) in [5, 5.41) is 15.0. The van der Waals surface area contributed by atoms with Crippen molar-refractivity contribution in [1.29, 1.82) is 0 Å². The summed E-state index contributed by atoms with van der Waals surface area (Å²) >= 11 is 1.20. The molecule has 5 atom stereocenters. The highest BCUT2D eigenvalue weighted by Gasteiger charge is 2.44. The molecule has 256 valence electrons. The molecule has 1 aliphatic heterocycles. The highest BCUT2D eigenvalue weighted by Crippen LogP contribution is 2.33. The molecule has 1 heterocycles. The Hall–Kier alpha value is -1.24. The van der Waals surface area contributed by atoms with Crippen LogP contribution in [0.4, 0.5) is 0 Å². The number of hydrogen-bond acceptors (Lipinski definition) is 15. The lowest BCUT2D eigenvalue weighted by atomic mass is 9.66. The molecule has 0 aliphatic carbocycles. The zero-order valence-electron chi connectivity index (χ0n) is 26.1. The Bertz CT molecular complexity index is 1130. The lowest BCUT2D eigenvalue weighted by Crippen LogP contribution is -2.60. The summed E-state index contributed by atoms with van der Waals surface area (Å²) in [7, 11) is 6.49. The summed E-state index contributed by atoms with van der Waals surface area (Å²) in [6.45, 7) is 2.87. The summed E-state index contributed by atoms with van der Waals surface area (Å²) in [6.07, 6.45) is 3.12. The number of nitrogens with two attached hydrogens (primary N) is 1. The summed E-state index contributed by atoms with van der Waals surface area (Å²) < 4.78 is 28.9. The summed E-state index contributed by atoms with van der Waals surface area (Å²) in [6, 6.07) is 6.59. The van der Waals surface area contributed by atoms with E-state index in [1.54, 1.807) is 35.1 Å². The third-order valence-electron chi connectivity index (χ3n) is 5.88. The van der Waals surface area contributed by atoms with Crippen LogP contribution in [0, 0.1) is 11.7 Å². The second kappa shape index (κ2) is 24.8. The van der Waals surface area contributed by atoms with Crippen LogP contribution >= 0.6 is 54.9 Å². The molecule has 0 saturated carbocycles. The van der Waals surface area contributed by atoms with Crippen molar-refractivity contribution in [3.63, 3.8) is 0 Å². The van der Waals surface area contributed by atoms with Crippen LogP contribution in [-0.4, -0.2) is 129 Å². The van der Waals surface area contributed by atoms with E-state index in [0.29, 0.717) is 37.4 Å². The first-order valence-electron chi connectivity index (χ1n) is 14.4. The average molecular weight is 736 g/mol. The number of thioether (sulfide) groups is 1. The van der Waals surface area contributed by atoms with Gasteiger partial charge in [0.15, 0.2) is 5.12 Å². The number of ether oxygens (including phenoxy) is 5. The Morgan fingerprint density at radius 3 is 2.65 bits per heavy atom. The Labute approximate surface area is 291 Å². The molecule has 1 aromatic carbocycles. The van der Waals surface area contributed by atoms with E-state index in [-0.39, 0.29) is 79.5 Å². The lowest BCUT2D eigenvalue weighted by Gasteiger charge is -2.44. The van der Waals surface area contributed by atoms with Crippen molar-refractivity contribution in [3.05, 3.63) is 29.8 Å². The van der Waals surface area contributed by atoms with E-state index in [1.165, 1.54) is 51.1 Å². The van der Waals surface area contributed by atoms with Gasteiger partial charge in [0, 0.05) is 31.3 Å². The summed E-state index contributed by atoms with van der Waals surface area (Å²) in [4.78, 5) is 35.6. The summed E-state index contributed by atoms with van der Waals surface area (Å²) in [5.41, 5.74) is 5.41. The average Bonchev–Trinajstić information content (AvgIpc) is 3.04. The molecule has 0 radical (unpaired) electrons. The van der Waals surface area contributed by atoms with Gasteiger partial charge in [0.2, 0.25) is 13.2 Å². The van der Waals surface area contributed by atoms with Gasteiger partial charge in [0.1, 0.15) is 42.0 Å². The van der Waals surface area contributed by atoms with Gasteiger partial charge in [0.25, 0.3) is 5.91 Å². The van der Waals surface area contributed by atoms with Crippen molar-refractivity contribution in [2.75, 3.05) is 70.9 Å². The van der Waals surface area contributed by atoms with Crippen LogP contribution in [-0.2, 0) is 28.5 Å². The van der Waals surface area contributed by atoms with Crippen molar-refractivity contribution in [2.45, 2.75) is 36.0 Å². The Kier molecular flexibility index (Phi) is 22.1. The van der Waals surface area contributed by atoms with Crippen LogP contribution in [0.2, 0.25) is 0 Å². The molecule has 1 saturated heterocycles. The van der Waals surface area contributed by atoms with E-state index in [9.17, 15) is 19.5 Å². The van der Waals surface area contributed by atoms with Crippen molar-refractivity contribution < 1.29 is 43.2 Å². The first kappa shape index (κ1) is 40.9. The van der Waals surface area contributed by atoms with Gasteiger partial charge in [-0.3, -0.25) is 14.4 Å². The van der Waals surface area contributed by atoms with E-state index in [2.05, 4.69) is 22.4 Å². The third kappa shape index (κ3) is 16.7. The minimum Gasteiger partial charge on any atom is -0.490 e. The van der Waals surface area contributed by atoms with E-state index < -0.39 is 6.10 Å². The number of hydrogen-bond donors (Lipinski definition) is 4. The number of aliphatic hydroxyl groups is 1. The molecular formula is C28H42BN3O9S5. The fourth-order valence-corrected chi connectivity index (χ4v) is 7.81. The monoisotopic (exact) mass is 735 g/mol. The molecule has 2 amide bonds. The Morgan fingerprint density at radius 2 is 1.93 bits per heavy atom. The number of benzene rings is 1. The van der Waals surface area contributed by atoms with Gasteiger partial charge < -0.3 is 45.2 Å². The second-order valence-corrected chi connectivity index (χ2v) is 15.8. The quantitative estimate of drug-likeness (QED) is 0.0418. The van der Waals surface area contributed by atoms with Gasteiger partial charge in [-0.05, 0) is 30.7 Å². The molecule has 1 aliphatic rings. The molecule has 2 rings (SSSR count). The highest BCUT2D eigenvalue weighted by molar-refractivity contribution is 8.77. The van der Waals surface area contributed by atoms with Crippen molar-refractivity contribution >= 4 is 79.1 Å². The lowest BCUT2D eigenvalue weighted by molar-refractivity contribution is -0.222. The van der Waals surface area contributed by atoms with E-state index in [4.69, 9.17) is 29.4 Å². The molecule has 12 nitrogen and oxygen atoms in total. The van der Waals surface area contributed by atoms with Crippen LogP contribution in [0.15, 0.2) is 24.3 Å².